The lowest BCUT2D eigenvalue weighted by molar-refractivity contribution is 0.262. The number of nitrogens with one attached hydrogen (secondary N) is 2. The molecule has 2 heterocycles. The lowest BCUT2D eigenvalue weighted by atomic mass is 9.80. The van der Waals surface area contributed by atoms with Gasteiger partial charge in [-0.25, -0.2) is 0 Å². The summed E-state index contributed by atoms with van der Waals surface area (Å²) in [7, 11) is 1.93. The molecule has 1 aromatic carbocycles. The van der Waals surface area contributed by atoms with Gasteiger partial charge in [0, 0.05) is 20.1 Å². The lowest BCUT2D eigenvalue weighted by Gasteiger charge is -2.26. The van der Waals surface area contributed by atoms with E-state index in [9.17, 15) is 0 Å². The van der Waals surface area contributed by atoms with E-state index in [1.165, 1.54) is 31.2 Å². The summed E-state index contributed by atoms with van der Waals surface area (Å²) < 4.78 is 1.82. The van der Waals surface area contributed by atoms with Gasteiger partial charge in [-0.15, -0.1) is 0 Å². The molecular weight excluding hydrogens is 348 g/mol. The topological polar surface area (TPSA) is 67.7 Å². The molecule has 0 saturated heterocycles. The SMILES string of the molecule is CC(CNc1nc(NCC2CC23CCC3)c2cnn(C)c2n1)c1ccccc1. The largest absolute Gasteiger partial charge is 0.369 e. The smallest absolute Gasteiger partial charge is 0.226 e. The number of anilines is 2. The molecule has 2 aromatic heterocycles. The van der Waals surface area contributed by atoms with E-state index in [0.717, 1.165) is 35.9 Å². The Kier molecular flexibility index (Phi) is 4.22. The summed E-state index contributed by atoms with van der Waals surface area (Å²) in [5, 5.41) is 12.4. The van der Waals surface area contributed by atoms with Crippen LogP contribution in [0.4, 0.5) is 11.8 Å². The van der Waals surface area contributed by atoms with Crippen molar-refractivity contribution >= 4 is 22.8 Å². The molecule has 0 amide bonds. The standard InChI is InChI=1S/C22H28N6/c1-15(16-7-4-3-5-8-16)12-24-21-26-19(18-14-25-28(2)20(18)27-21)23-13-17-11-22(17)9-6-10-22/h3-5,7-8,14-15,17H,6,9-13H2,1-2H3,(H2,23,24,26,27). The first-order valence-corrected chi connectivity index (χ1v) is 10.4. The zero-order valence-corrected chi connectivity index (χ0v) is 16.7. The second-order valence-corrected chi connectivity index (χ2v) is 8.59. The summed E-state index contributed by atoms with van der Waals surface area (Å²) in [6.45, 7) is 4.01. The molecule has 5 rings (SSSR count). The highest BCUT2D eigenvalue weighted by atomic mass is 15.3. The molecule has 2 N–H and O–H groups in total. The Morgan fingerprint density at radius 2 is 2.00 bits per heavy atom. The third-order valence-electron chi connectivity index (χ3n) is 6.75. The maximum Gasteiger partial charge on any atom is 0.226 e. The van der Waals surface area contributed by atoms with Crippen molar-refractivity contribution in [2.75, 3.05) is 23.7 Å². The van der Waals surface area contributed by atoms with Gasteiger partial charge in [0.2, 0.25) is 5.95 Å². The van der Waals surface area contributed by atoms with Crippen LogP contribution in [0.3, 0.4) is 0 Å². The molecule has 2 fully saturated rings. The highest BCUT2D eigenvalue weighted by Gasteiger charge is 2.56. The quantitative estimate of drug-likeness (QED) is 0.647. The van der Waals surface area contributed by atoms with Crippen LogP contribution in [0.25, 0.3) is 11.0 Å². The van der Waals surface area contributed by atoms with Crippen LogP contribution in [0.1, 0.15) is 44.1 Å². The first-order chi connectivity index (χ1) is 13.6. The van der Waals surface area contributed by atoms with Crippen molar-refractivity contribution in [1.29, 1.82) is 0 Å². The van der Waals surface area contributed by atoms with E-state index in [1.54, 1.807) is 0 Å². The van der Waals surface area contributed by atoms with Crippen molar-refractivity contribution in [3.8, 4) is 0 Å². The van der Waals surface area contributed by atoms with Gasteiger partial charge in [0.15, 0.2) is 5.65 Å². The number of fused-ring (bicyclic) bond motifs is 1. The van der Waals surface area contributed by atoms with E-state index in [2.05, 4.69) is 53.0 Å². The molecule has 0 radical (unpaired) electrons. The number of rotatable bonds is 7. The van der Waals surface area contributed by atoms with Crippen LogP contribution < -0.4 is 10.6 Å². The molecule has 2 aliphatic carbocycles. The maximum atomic E-state index is 4.78. The third-order valence-corrected chi connectivity index (χ3v) is 6.75. The van der Waals surface area contributed by atoms with Crippen molar-refractivity contribution in [2.24, 2.45) is 18.4 Å². The molecule has 6 heteroatoms. The number of aryl methyl sites for hydroxylation is 1. The fraction of sp³-hybridized carbons (Fsp3) is 0.500. The Morgan fingerprint density at radius 1 is 1.18 bits per heavy atom. The summed E-state index contributed by atoms with van der Waals surface area (Å²) >= 11 is 0. The van der Waals surface area contributed by atoms with Crippen LogP contribution in [0.5, 0.6) is 0 Å². The monoisotopic (exact) mass is 376 g/mol. The van der Waals surface area contributed by atoms with Gasteiger partial charge in [0.1, 0.15) is 5.82 Å². The summed E-state index contributed by atoms with van der Waals surface area (Å²) in [4.78, 5) is 9.48. The average Bonchev–Trinajstić information content (AvgIpc) is 3.34. The maximum absolute atomic E-state index is 4.78. The van der Waals surface area contributed by atoms with E-state index < -0.39 is 0 Å². The number of aromatic nitrogens is 4. The third kappa shape index (κ3) is 3.11. The molecule has 0 bridgehead atoms. The average molecular weight is 377 g/mol. The molecule has 3 aromatic rings. The van der Waals surface area contributed by atoms with Crippen molar-refractivity contribution in [3.63, 3.8) is 0 Å². The van der Waals surface area contributed by atoms with Crippen molar-refractivity contribution < 1.29 is 0 Å². The number of hydrogen-bond acceptors (Lipinski definition) is 5. The van der Waals surface area contributed by atoms with Crippen molar-refractivity contribution in [3.05, 3.63) is 42.1 Å². The van der Waals surface area contributed by atoms with E-state index in [0.29, 0.717) is 17.3 Å². The Hall–Kier alpha value is -2.63. The van der Waals surface area contributed by atoms with Crippen LogP contribution in [-0.4, -0.2) is 32.8 Å². The van der Waals surface area contributed by atoms with Crippen LogP contribution in [-0.2, 0) is 7.05 Å². The highest BCUT2D eigenvalue weighted by molar-refractivity contribution is 5.87. The lowest BCUT2D eigenvalue weighted by Crippen LogP contribution is -2.19. The molecule has 2 unspecified atom stereocenters. The fourth-order valence-electron chi connectivity index (χ4n) is 4.56. The first kappa shape index (κ1) is 17.5. The minimum atomic E-state index is 0.383. The van der Waals surface area contributed by atoms with Gasteiger partial charge >= 0.3 is 0 Å². The Balaban J connectivity index is 1.31. The molecule has 2 saturated carbocycles. The first-order valence-electron chi connectivity index (χ1n) is 10.4. The van der Waals surface area contributed by atoms with Crippen LogP contribution in [0.15, 0.2) is 36.5 Å². The second-order valence-electron chi connectivity index (χ2n) is 8.59. The van der Waals surface area contributed by atoms with E-state index in [4.69, 9.17) is 9.97 Å². The van der Waals surface area contributed by atoms with Gasteiger partial charge in [-0.3, -0.25) is 4.68 Å². The summed E-state index contributed by atoms with van der Waals surface area (Å²) in [6.07, 6.45) is 7.47. The Bertz CT molecular complexity index is 975. The normalized spacial score (nSPS) is 20.7. The molecule has 1 spiro atoms. The van der Waals surface area contributed by atoms with Gasteiger partial charge in [0.25, 0.3) is 0 Å². The molecule has 2 atom stereocenters. The van der Waals surface area contributed by atoms with Crippen LogP contribution >= 0.6 is 0 Å². The van der Waals surface area contributed by atoms with Gasteiger partial charge < -0.3 is 10.6 Å². The van der Waals surface area contributed by atoms with Gasteiger partial charge in [-0.1, -0.05) is 43.7 Å². The predicted molar refractivity (Wildman–Crippen MR) is 113 cm³/mol. The number of hydrogen-bond donors (Lipinski definition) is 2. The van der Waals surface area contributed by atoms with E-state index in [1.807, 2.05) is 17.9 Å². The van der Waals surface area contributed by atoms with Gasteiger partial charge in [-0.2, -0.15) is 15.1 Å². The summed E-state index contributed by atoms with van der Waals surface area (Å²) in [5.41, 5.74) is 2.84. The number of benzene rings is 1. The van der Waals surface area contributed by atoms with Crippen molar-refractivity contribution in [2.45, 2.75) is 38.5 Å². The molecule has 146 valence electrons. The second kappa shape index (κ2) is 6.76. The predicted octanol–water partition coefficient (Wildman–Crippen LogP) is 4.18. The number of nitrogens with zero attached hydrogens (tertiary/aromatic N) is 4. The molecule has 28 heavy (non-hydrogen) atoms. The van der Waals surface area contributed by atoms with Crippen LogP contribution in [0, 0.1) is 11.3 Å². The Labute approximate surface area is 165 Å². The Morgan fingerprint density at radius 3 is 2.71 bits per heavy atom. The highest BCUT2D eigenvalue weighted by Crippen LogP contribution is 2.65. The zero-order valence-electron chi connectivity index (χ0n) is 16.7. The molecule has 2 aliphatic rings. The van der Waals surface area contributed by atoms with Crippen molar-refractivity contribution in [1.82, 2.24) is 19.7 Å². The van der Waals surface area contributed by atoms with Gasteiger partial charge in [-0.05, 0) is 42.1 Å². The van der Waals surface area contributed by atoms with Gasteiger partial charge in [0.05, 0.1) is 11.6 Å². The van der Waals surface area contributed by atoms with E-state index in [-0.39, 0.29) is 0 Å². The molecule has 6 nitrogen and oxygen atoms in total. The van der Waals surface area contributed by atoms with Crippen LogP contribution in [0.2, 0.25) is 0 Å². The molecule has 0 aliphatic heterocycles. The minimum Gasteiger partial charge on any atom is -0.369 e. The van der Waals surface area contributed by atoms with E-state index >= 15 is 0 Å². The summed E-state index contributed by atoms with van der Waals surface area (Å²) in [5.74, 6) is 2.75. The molecular formula is C22H28N6. The zero-order chi connectivity index (χ0) is 19.1. The minimum absolute atomic E-state index is 0.383. The fourth-order valence-corrected chi connectivity index (χ4v) is 4.56. The summed E-state index contributed by atoms with van der Waals surface area (Å²) in [6, 6.07) is 10.5.